The molecule has 2 aromatic heterocycles. The van der Waals surface area contributed by atoms with E-state index in [1.165, 1.54) is 11.4 Å². The summed E-state index contributed by atoms with van der Waals surface area (Å²) in [5, 5.41) is 3.21. The summed E-state index contributed by atoms with van der Waals surface area (Å²) in [4.78, 5) is 46.6. The fourth-order valence-electron chi connectivity index (χ4n) is 4.86. The average molecular weight is 450 g/mol. The molecule has 0 aliphatic carbocycles. The minimum Gasteiger partial charge on any atom is -0.497 e. The van der Waals surface area contributed by atoms with Gasteiger partial charge in [0.05, 0.1) is 36.6 Å². The van der Waals surface area contributed by atoms with E-state index in [0.29, 0.717) is 42.0 Å². The summed E-state index contributed by atoms with van der Waals surface area (Å²) in [6.07, 6.45) is 3.29. The van der Waals surface area contributed by atoms with Crippen LogP contribution in [0.25, 0.3) is 5.65 Å². The Morgan fingerprint density at radius 1 is 1.18 bits per heavy atom. The molecular formula is C24H27N5O4. The molecule has 2 aliphatic rings. The third-order valence-electron chi connectivity index (χ3n) is 6.67. The number of nitrogens with one attached hydrogen (secondary N) is 1. The topological polar surface area (TPSA) is 100 Å². The first-order valence-corrected chi connectivity index (χ1v) is 11.3. The Morgan fingerprint density at radius 2 is 2.03 bits per heavy atom. The predicted molar refractivity (Wildman–Crippen MR) is 121 cm³/mol. The van der Waals surface area contributed by atoms with E-state index in [0.717, 1.165) is 30.7 Å². The highest BCUT2D eigenvalue weighted by atomic mass is 16.5. The Balaban J connectivity index is 1.51. The van der Waals surface area contributed by atoms with Crippen molar-refractivity contribution in [1.29, 1.82) is 0 Å². The summed E-state index contributed by atoms with van der Waals surface area (Å²) in [6.45, 7) is 2.99. The first-order valence-electron chi connectivity index (χ1n) is 11.3. The highest BCUT2D eigenvalue weighted by Gasteiger charge is 2.31. The monoisotopic (exact) mass is 449 g/mol. The van der Waals surface area contributed by atoms with E-state index in [-0.39, 0.29) is 30.0 Å². The number of rotatable bonds is 3. The Labute approximate surface area is 190 Å². The van der Waals surface area contributed by atoms with Crippen LogP contribution in [0, 0.1) is 0 Å². The van der Waals surface area contributed by atoms with Crippen LogP contribution in [0.2, 0.25) is 0 Å². The van der Waals surface area contributed by atoms with Crippen LogP contribution in [0.5, 0.6) is 5.75 Å². The highest BCUT2D eigenvalue weighted by Crippen LogP contribution is 2.32. The normalized spacial score (nSPS) is 18.3. The van der Waals surface area contributed by atoms with E-state index in [1.807, 2.05) is 23.1 Å². The van der Waals surface area contributed by atoms with Crippen molar-refractivity contribution in [1.82, 2.24) is 24.4 Å². The Morgan fingerprint density at radius 3 is 2.82 bits per heavy atom. The van der Waals surface area contributed by atoms with E-state index in [9.17, 15) is 14.4 Å². The van der Waals surface area contributed by atoms with Crippen molar-refractivity contribution in [2.45, 2.75) is 45.2 Å². The van der Waals surface area contributed by atoms with Gasteiger partial charge in [-0.25, -0.2) is 9.50 Å². The van der Waals surface area contributed by atoms with E-state index in [2.05, 4.69) is 5.10 Å². The summed E-state index contributed by atoms with van der Waals surface area (Å²) in [7, 11) is 1.58. The largest absolute Gasteiger partial charge is 0.497 e. The molecule has 5 rings (SSSR count). The van der Waals surface area contributed by atoms with Gasteiger partial charge in [0.15, 0.2) is 5.65 Å². The molecule has 0 spiro atoms. The molecule has 9 heteroatoms. The lowest BCUT2D eigenvalue weighted by atomic mass is 9.98. The van der Waals surface area contributed by atoms with Gasteiger partial charge < -0.3 is 14.5 Å². The van der Waals surface area contributed by atoms with Crippen molar-refractivity contribution in [3.8, 4) is 5.75 Å². The number of carbonyl (C=O) groups excluding carboxylic acids is 2. The SMILES string of the molecule is COc1cccc(C(=O)N2CCCCC2c2cc3nc4c(c(=O)n3[nH]2)CN(C(C)=O)CC4)c1. The Bertz CT molecular complexity index is 1290. The Hall–Kier alpha value is -3.62. The third-order valence-corrected chi connectivity index (χ3v) is 6.67. The first kappa shape index (κ1) is 21.2. The van der Waals surface area contributed by atoms with Crippen molar-refractivity contribution >= 4 is 17.5 Å². The van der Waals surface area contributed by atoms with Gasteiger partial charge in [0, 0.05) is 38.1 Å². The van der Waals surface area contributed by atoms with Gasteiger partial charge in [-0.1, -0.05) is 6.07 Å². The van der Waals surface area contributed by atoms with Crippen molar-refractivity contribution in [2.24, 2.45) is 0 Å². The van der Waals surface area contributed by atoms with Crippen molar-refractivity contribution < 1.29 is 14.3 Å². The van der Waals surface area contributed by atoms with Gasteiger partial charge in [-0.15, -0.1) is 0 Å². The van der Waals surface area contributed by atoms with Crippen LogP contribution in [0.3, 0.4) is 0 Å². The molecule has 9 nitrogen and oxygen atoms in total. The zero-order valence-corrected chi connectivity index (χ0v) is 18.8. The van der Waals surface area contributed by atoms with E-state index < -0.39 is 0 Å². The highest BCUT2D eigenvalue weighted by molar-refractivity contribution is 5.95. The minimum atomic E-state index is -0.186. The lowest BCUT2D eigenvalue weighted by Crippen LogP contribution is -2.39. The number of hydrogen-bond acceptors (Lipinski definition) is 5. The first-order chi connectivity index (χ1) is 16.0. The summed E-state index contributed by atoms with van der Waals surface area (Å²) >= 11 is 0. The lowest BCUT2D eigenvalue weighted by Gasteiger charge is -2.35. The number of nitrogens with zero attached hydrogens (tertiary/aromatic N) is 4. The fraction of sp³-hybridized carbons (Fsp3) is 0.417. The second-order valence-corrected chi connectivity index (χ2v) is 8.68. The zero-order chi connectivity index (χ0) is 23.1. The molecule has 1 N–H and O–H groups in total. The van der Waals surface area contributed by atoms with Gasteiger partial charge in [-0.05, 0) is 37.5 Å². The number of piperidine rings is 1. The van der Waals surface area contributed by atoms with Crippen molar-refractivity contribution in [3.63, 3.8) is 0 Å². The third kappa shape index (κ3) is 3.77. The van der Waals surface area contributed by atoms with Gasteiger partial charge in [0.2, 0.25) is 5.91 Å². The maximum absolute atomic E-state index is 13.4. The smallest absolute Gasteiger partial charge is 0.277 e. The number of benzene rings is 1. The molecule has 4 heterocycles. The molecule has 0 saturated carbocycles. The summed E-state index contributed by atoms with van der Waals surface area (Å²) in [5.41, 5.74) is 3.03. The molecule has 1 fully saturated rings. The molecule has 2 amide bonds. The van der Waals surface area contributed by atoms with Gasteiger partial charge in [-0.2, -0.15) is 0 Å². The molecular weight excluding hydrogens is 422 g/mol. The van der Waals surface area contributed by atoms with Gasteiger partial charge in [-0.3, -0.25) is 19.5 Å². The van der Waals surface area contributed by atoms with Gasteiger partial charge in [0.25, 0.3) is 11.5 Å². The number of ether oxygens (including phenoxy) is 1. The molecule has 1 atom stereocenters. The van der Waals surface area contributed by atoms with E-state index in [1.54, 1.807) is 24.1 Å². The summed E-state index contributed by atoms with van der Waals surface area (Å²) in [5.74, 6) is 0.529. The van der Waals surface area contributed by atoms with Gasteiger partial charge in [0.1, 0.15) is 5.75 Å². The summed E-state index contributed by atoms with van der Waals surface area (Å²) in [6, 6.07) is 8.87. The molecule has 0 bridgehead atoms. The molecule has 2 aliphatic heterocycles. The maximum atomic E-state index is 13.4. The lowest BCUT2D eigenvalue weighted by molar-refractivity contribution is -0.129. The van der Waals surface area contributed by atoms with Crippen LogP contribution in [0.15, 0.2) is 35.1 Å². The molecule has 1 unspecified atom stereocenters. The second-order valence-electron chi connectivity index (χ2n) is 8.68. The molecule has 1 saturated heterocycles. The molecule has 0 radical (unpaired) electrons. The van der Waals surface area contributed by atoms with Crippen LogP contribution in [0.1, 0.15) is 59.5 Å². The number of H-pyrrole nitrogens is 1. The molecule has 33 heavy (non-hydrogen) atoms. The van der Waals surface area contributed by atoms with Crippen LogP contribution in [-0.2, 0) is 17.8 Å². The molecule has 1 aromatic carbocycles. The summed E-state index contributed by atoms with van der Waals surface area (Å²) < 4.78 is 6.73. The zero-order valence-electron chi connectivity index (χ0n) is 18.8. The quantitative estimate of drug-likeness (QED) is 0.661. The number of carbonyl (C=O) groups is 2. The number of fused-ring (bicyclic) bond motifs is 2. The van der Waals surface area contributed by atoms with E-state index >= 15 is 0 Å². The van der Waals surface area contributed by atoms with Crippen LogP contribution in [0.4, 0.5) is 0 Å². The number of likely N-dealkylation sites (tertiary alicyclic amines) is 1. The maximum Gasteiger partial charge on any atom is 0.277 e. The van der Waals surface area contributed by atoms with E-state index in [4.69, 9.17) is 9.72 Å². The average Bonchev–Trinajstić information content (AvgIpc) is 3.28. The molecule has 3 aromatic rings. The number of methoxy groups -OCH3 is 1. The number of aromatic amines is 1. The van der Waals surface area contributed by atoms with Gasteiger partial charge >= 0.3 is 0 Å². The number of aromatic nitrogens is 3. The number of amides is 2. The fourth-order valence-corrected chi connectivity index (χ4v) is 4.86. The minimum absolute atomic E-state index is 0.0498. The molecule has 172 valence electrons. The van der Waals surface area contributed by atoms with Crippen LogP contribution >= 0.6 is 0 Å². The van der Waals surface area contributed by atoms with Crippen molar-refractivity contribution in [3.05, 3.63) is 63.2 Å². The Kier molecular flexibility index (Phi) is 5.39. The van der Waals surface area contributed by atoms with Crippen LogP contribution in [-0.4, -0.2) is 56.4 Å². The number of hydrogen-bond donors (Lipinski definition) is 1. The van der Waals surface area contributed by atoms with Crippen molar-refractivity contribution in [2.75, 3.05) is 20.2 Å². The standard InChI is InChI=1S/C24H27N5O4/c1-15(30)27-11-9-19-18(14-27)24(32)29-22(25-19)13-20(26-29)21-8-3-4-10-28(21)23(31)16-6-5-7-17(12-16)33-2/h5-7,12-13,21,26H,3-4,8-11,14H2,1-2H3. The second kappa shape index (κ2) is 8.38. The predicted octanol–water partition coefficient (Wildman–Crippen LogP) is 2.30. The van der Waals surface area contributed by atoms with Crippen LogP contribution < -0.4 is 10.3 Å².